The number of para-hydroxylation sites is 2. The molecule has 156 valence electrons. The van der Waals surface area contributed by atoms with Gasteiger partial charge >= 0.3 is 12.0 Å². The van der Waals surface area contributed by atoms with Crippen molar-refractivity contribution in [1.82, 2.24) is 4.90 Å². The minimum atomic E-state index is -0.423. The third-order valence-corrected chi connectivity index (χ3v) is 5.59. The third-order valence-electron chi connectivity index (χ3n) is 5.59. The Morgan fingerprint density at radius 3 is 2.60 bits per heavy atom. The molecule has 0 aliphatic carbocycles. The Kier molecular flexibility index (Phi) is 5.97. The lowest BCUT2D eigenvalue weighted by molar-refractivity contribution is -0.153. The maximum absolute atomic E-state index is 12.5. The number of piperidine rings is 1. The lowest BCUT2D eigenvalue weighted by Crippen LogP contribution is -2.45. The molecule has 1 N–H and O–H groups in total. The van der Waals surface area contributed by atoms with E-state index in [1.165, 1.54) is 0 Å². The molecule has 2 aromatic carbocycles. The van der Waals surface area contributed by atoms with Gasteiger partial charge in [-0.3, -0.25) is 9.59 Å². The van der Waals surface area contributed by atoms with Crippen molar-refractivity contribution in [3.63, 3.8) is 0 Å². The van der Waals surface area contributed by atoms with Crippen molar-refractivity contribution in [2.75, 3.05) is 36.5 Å². The van der Waals surface area contributed by atoms with Gasteiger partial charge in [0.25, 0.3) is 5.91 Å². The summed E-state index contributed by atoms with van der Waals surface area (Å²) in [5, 5.41) is 2.84. The second-order valence-electron chi connectivity index (χ2n) is 7.61. The molecule has 2 aliphatic rings. The fourth-order valence-electron chi connectivity index (χ4n) is 4.00. The fraction of sp³-hybridized carbons (Fsp3) is 0.348. The molecule has 1 atom stereocenters. The number of carbonyl (C=O) groups excluding carboxylic acids is 3. The number of fused-ring (bicyclic) bond motifs is 1. The number of nitrogens with one attached hydrogen (secondary N) is 1. The zero-order valence-corrected chi connectivity index (χ0v) is 16.8. The molecule has 1 fully saturated rings. The molecule has 0 aromatic heterocycles. The van der Waals surface area contributed by atoms with Gasteiger partial charge in [-0.05, 0) is 43.0 Å². The average molecular weight is 407 g/mol. The van der Waals surface area contributed by atoms with E-state index in [2.05, 4.69) is 5.32 Å². The van der Waals surface area contributed by atoms with Gasteiger partial charge in [-0.25, -0.2) is 4.79 Å². The number of benzene rings is 2. The van der Waals surface area contributed by atoms with Crippen molar-refractivity contribution in [2.45, 2.75) is 19.3 Å². The Balaban J connectivity index is 1.28. The molecule has 0 bridgehead atoms. The first kappa shape index (κ1) is 19.9. The highest BCUT2D eigenvalue weighted by atomic mass is 16.5. The van der Waals surface area contributed by atoms with Gasteiger partial charge in [0.2, 0.25) is 0 Å². The highest BCUT2D eigenvalue weighted by Crippen LogP contribution is 2.27. The molecular weight excluding hydrogens is 382 g/mol. The van der Waals surface area contributed by atoms with E-state index in [9.17, 15) is 14.4 Å². The summed E-state index contributed by atoms with van der Waals surface area (Å²) >= 11 is 0. The minimum Gasteiger partial charge on any atom is -0.455 e. The van der Waals surface area contributed by atoms with Gasteiger partial charge < -0.3 is 19.9 Å². The fourth-order valence-corrected chi connectivity index (χ4v) is 4.00. The number of likely N-dealkylation sites (tertiary alicyclic amines) is 1. The number of amides is 3. The smallest absolute Gasteiger partial charge is 0.321 e. The van der Waals surface area contributed by atoms with E-state index in [1.807, 2.05) is 54.6 Å². The zero-order chi connectivity index (χ0) is 20.9. The summed E-state index contributed by atoms with van der Waals surface area (Å²) in [4.78, 5) is 40.9. The van der Waals surface area contributed by atoms with Gasteiger partial charge in [-0.15, -0.1) is 0 Å². The van der Waals surface area contributed by atoms with Crippen LogP contribution < -0.4 is 10.2 Å². The number of ether oxygens (including phenoxy) is 1. The molecule has 2 heterocycles. The minimum absolute atomic E-state index is 0.220. The van der Waals surface area contributed by atoms with Crippen LogP contribution in [0.5, 0.6) is 0 Å². The Bertz CT molecular complexity index is 931. The molecule has 0 saturated carbocycles. The highest BCUT2D eigenvalue weighted by molar-refractivity contribution is 5.97. The Morgan fingerprint density at radius 1 is 1.00 bits per heavy atom. The van der Waals surface area contributed by atoms with Crippen LogP contribution in [0.1, 0.15) is 18.4 Å². The van der Waals surface area contributed by atoms with Gasteiger partial charge in [-0.1, -0.05) is 36.4 Å². The second-order valence-corrected chi connectivity index (χ2v) is 7.61. The van der Waals surface area contributed by atoms with Crippen LogP contribution in [0.2, 0.25) is 0 Å². The van der Waals surface area contributed by atoms with Crippen molar-refractivity contribution in [2.24, 2.45) is 5.92 Å². The van der Waals surface area contributed by atoms with E-state index in [0.29, 0.717) is 25.2 Å². The van der Waals surface area contributed by atoms with Crippen LogP contribution in [-0.2, 0) is 20.7 Å². The van der Waals surface area contributed by atoms with E-state index in [-0.39, 0.29) is 25.1 Å². The predicted octanol–water partition coefficient (Wildman–Crippen LogP) is 3.06. The summed E-state index contributed by atoms with van der Waals surface area (Å²) in [6.07, 6.45) is 2.17. The summed E-state index contributed by atoms with van der Waals surface area (Å²) in [5.74, 6) is -1.06. The number of rotatable bonds is 4. The first-order valence-corrected chi connectivity index (χ1v) is 10.3. The summed E-state index contributed by atoms with van der Waals surface area (Å²) in [5.41, 5.74) is 2.73. The molecule has 7 heteroatoms. The van der Waals surface area contributed by atoms with E-state index in [1.54, 1.807) is 9.80 Å². The number of anilines is 2. The highest BCUT2D eigenvalue weighted by Gasteiger charge is 2.31. The molecule has 2 aliphatic heterocycles. The molecule has 0 radical (unpaired) electrons. The summed E-state index contributed by atoms with van der Waals surface area (Å²) in [6, 6.07) is 16.7. The maximum Gasteiger partial charge on any atom is 0.321 e. The number of nitrogens with zero attached hydrogens (tertiary/aromatic N) is 2. The van der Waals surface area contributed by atoms with Gasteiger partial charge in [0.15, 0.2) is 6.61 Å². The third kappa shape index (κ3) is 4.45. The molecule has 2 aromatic rings. The van der Waals surface area contributed by atoms with Crippen molar-refractivity contribution in [3.05, 3.63) is 60.2 Å². The van der Waals surface area contributed by atoms with Crippen LogP contribution in [-0.4, -0.2) is 49.0 Å². The Hall–Kier alpha value is -3.35. The van der Waals surface area contributed by atoms with E-state index < -0.39 is 11.9 Å². The van der Waals surface area contributed by atoms with Gasteiger partial charge in [-0.2, -0.15) is 0 Å². The Morgan fingerprint density at radius 2 is 1.77 bits per heavy atom. The van der Waals surface area contributed by atoms with Crippen molar-refractivity contribution < 1.29 is 19.1 Å². The normalized spacial score (nSPS) is 17.9. The Labute approximate surface area is 175 Å². The van der Waals surface area contributed by atoms with Gasteiger partial charge in [0.05, 0.1) is 5.92 Å². The zero-order valence-electron chi connectivity index (χ0n) is 16.8. The lowest BCUT2D eigenvalue weighted by atomic mass is 9.98. The first-order chi connectivity index (χ1) is 14.6. The van der Waals surface area contributed by atoms with Gasteiger partial charge in [0.1, 0.15) is 0 Å². The summed E-state index contributed by atoms with van der Waals surface area (Å²) < 4.78 is 5.33. The quantitative estimate of drug-likeness (QED) is 0.790. The SMILES string of the molecule is O=C(OCC(=O)N1CCc2ccccc21)C1CCCN(C(=O)Nc2ccccc2)C1. The van der Waals surface area contributed by atoms with Crippen LogP contribution in [0.4, 0.5) is 16.2 Å². The standard InChI is InChI=1S/C23H25N3O4/c27-21(26-14-12-17-7-4-5-11-20(17)26)16-30-22(28)18-8-6-13-25(15-18)23(29)24-19-9-2-1-3-10-19/h1-5,7,9-11,18H,6,8,12-16H2,(H,24,29). The maximum atomic E-state index is 12.5. The van der Waals surface area contributed by atoms with Crippen LogP contribution in [0, 0.1) is 5.92 Å². The summed E-state index contributed by atoms with van der Waals surface area (Å²) in [6.45, 7) is 1.21. The molecule has 4 rings (SSSR count). The summed E-state index contributed by atoms with van der Waals surface area (Å²) in [7, 11) is 0. The molecule has 30 heavy (non-hydrogen) atoms. The number of urea groups is 1. The number of carbonyl (C=O) groups is 3. The van der Waals surface area contributed by atoms with Crippen LogP contribution in [0.3, 0.4) is 0 Å². The van der Waals surface area contributed by atoms with Crippen molar-refractivity contribution in [3.8, 4) is 0 Å². The van der Waals surface area contributed by atoms with Gasteiger partial charge in [0, 0.05) is 31.0 Å². The lowest BCUT2D eigenvalue weighted by Gasteiger charge is -2.31. The monoisotopic (exact) mass is 407 g/mol. The largest absolute Gasteiger partial charge is 0.455 e. The number of hydrogen-bond donors (Lipinski definition) is 1. The first-order valence-electron chi connectivity index (χ1n) is 10.3. The van der Waals surface area contributed by atoms with Crippen LogP contribution in [0.15, 0.2) is 54.6 Å². The van der Waals surface area contributed by atoms with Crippen LogP contribution >= 0.6 is 0 Å². The van der Waals surface area contributed by atoms with E-state index in [4.69, 9.17) is 4.74 Å². The topological polar surface area (TPSA) is 79.0 Å². The molecule has 3 amide bonds. The number of esters is 1. The molecule has 0 spiro atoms. The second kappa shape index (κ2) is 8.98. The van der Waals surface area contributed by atoms with Crippen molar-refractivity contribution in [1.29, 1.82) is 0 Å². The molecular formula is C23H25N3O4. The molecule has 1 unspecified atom stereocenters. The molecule has 1 saturated heterocycles. The average Bonchev–Trinajstić information content (AvgIpc) is 3.22. The van der Waals surface area contributed by atoms with Crippen molar-refractivity contribution >= 4 is 29.3 Å². The molecule has 7 nitrogen and oxygen atoms in total. The van der Waals surface area contributed by atoms with E-state index in [0.717, 1.165) is 24.1 Å². The van der Waals surface area contributed by atoms with E-state index >= 15 is 0 Å². The van der Waals surface area contributed by atoms with Crippen LogP contribution in [0.25, 0.3) is 0 Å². The predicted molar refractivity (Wildman–Crippen MR) is 113 cm³/mol. The number of hydrogen-bond acceptors (Lipinski definition) is 4.